The van der Waals surface area contributed by atoms with Crippen LogP contribution in [-0.4, -0.2) is 18.2 Å². The summed E-state index contributed by atoms with van der Waals surface area (Å²) < 4.78 is 14.6. The highest BCUT2D eigenvalue weighted by atomic mass is 16.5. The number of esters is 1. The number of fused-ring (bicyclic) bond motifs is 1. The predicted octanol–water partition coefficient (Wildman–Crippen LogP) is 1.43. The standard InChI is InChI=1S/C12H10O6/c1-6(13)17-7-3-4-9-8(5-7)10(14)11(16-2)12(15)18-9/h3-5,14H,1-2H3. The lowest BCUT2D eigenvalue weighted by molar-refractivity contribution is -0.131. The molecule has 0 fully saturated rings. The van der Waals surface area contributed by atoms with Crippen LogP contribution in [0.25, 0.3) is 11.0 Å². The van der Waals surface area contributed by atoms with Gasteiger partial charge in [0, 0.05) is 6.92 Å². The topological polar surface area (TPSA) is 86.0 Å². The first kappa shape index (κ1) is 12.0. The van der Waals surface area contributed by atoms with Gasteiger partial charge in [-0.1, -0.05) is 0 Å². The van der Waals surface area contributed by atoms with E-state index in [1.54, 1.807) is 0 Å². The molecule has 6 heteroatoms. The van der Waals surface area contributed by atoms with E-state index in [1.807, 2.05) is 0 Å². The van der Waals surface area contributed by atoms with E-state index >= 15 is 0 Å². The Hall–Kier alpha value is -2.50. The smallest absolute Gasteiger partial charge is 0.383 e. The average Bonchev–Trinajstić information content (AvgIpc) is 2.30. The average molecular weight is 250 g/mol. The highest BCUT2D eigenvalue weighted by Gasteiger charge is 2.15. The Bertz CT molecular complexity index is 670. The van der Waals surface area contributed by atoms with Gasteiger partial charge in [0.25, 0.3) is 0 Å². The molecule has 18 heavy (non-hydrogen) atoms. The number of methoxy groups -OCH3 is 1. The first-order valence-electron chi connectivity index (χ1n) is 5.05. The van der Waals surface area contributed by atoms with Gasteiger partial charge in [-0.05, 0) is 18.2 Å². The molecule has 0 radical (unpaired) electrons. The van der Waals surface area contributed by atoms with Crippen LogP contribution in [0.4, 0.5) is 0 Å². The van der Waals surface area contributed by atoms with Crippen molar-refractivity contribution in [2.24, 2.45) is 0 Å². The van der Waals surface area contributed by atoms with Crippen molar-refractivity contribution in [2.75, 3.05) is 7.11 Å². The SMILES string of the molecule is COc1c(O)c2cc(OC(C)=O)ccc2oc1=O. The van der Waals surface area contributed by atoms with Crippen LogP contribution in [0.1, 0.15) is 6.92 Å². The summed E-state index contributed by atoms with van der Waals surface area (Å²) in [4.78, 5) is 22.2. The van der Waals surface area contributed by atoms with Crippen molar-refractivity contribution >= 4 is 16.9 Å². The van der Waals surface area contributed by atoms with Crippen molar-refractivity contribution in [1.82, 2.24) is 0 Å². The van der Waals surface area contributed by atoms with Crippen LogP contribution < -0.4 is 15.1 Å². The lowest BCUT2D eigenvalue weighted by Gasteiger charge is -2.06. The second kappa shape index (κ2) is 4.40. The number of carbonyl (C=O) groups excluding carboxylic acids is 1. The molecule has 0 aliphatic rings. The Morgan fingerprint density at radius 3 is 2.72 bits per heavy atom. The summed E-state index contributed by atoms with van der Waals surface area (Å²) in [6, 6.07) is 4.27. The lowest BCUT2D eigenvalue weighted by Crippen LogP contribution is -2.04. The van der Waals surface area contributed by atoms with Gasteiger partial charge in [0.1, 0.15) is 11.3 Å². The highest BCUT2D eigenvalue weighted by molar-refractivity contribution is 5.87. The van der Waals surface area contributed by atoms with Crippen LogP contribution in [0.2, 0.25) is 0 Å². The summed E-state index contributed by atoms with van der Waals surface area (Å²) in [5.41, 5.74) is -0.600. The van der Waals surface area contributed by atoms with Crippen molar-refractivity contribution < 1.29 is 23.8 Å². The second-order valence-corrected chi connectivity index (χ2v) is 3.52. The summed E-state index contributed by atoms with van der Waals surface area (Å²) in [7, 11) is 1.24. The fourth-order valence-electron chi connectivity index (χ4n) is 1.56. The lowest BCUT2D eigenvalue weighted by atomic mass is 10.2. The maximum Gasteiger partial charge on any atom is 0.383 e. The Morgan fingerprint density at radius 2 is 2.11 bits per heavy atom. The van der Waals surface area contributed by atoms with E-state index in [1.165, 1.54) is 32.2 Å². The Kier molecular flexibility index (Phi) is 2.93. The molecular formula is C12H10O6. The Labute approximate surface area is 101 Å². The van der Waals surface area contributed by atoms with E-state index in [-0.39, 0.29) is 28.2 Å². The van der Waals surface area contributed by atoms with Gasteiger partial charge in [0.2, 0.25) is 5.75 Å². The van der Waals surface area contributed by atoms with Crippen LogP contribution in [0, 0.1) is 0 Å². The van der Waals surface area contributed by atoms with Gasteiger partial charge in [0.05, 0.1) is 12.5 Å². The van der Waals surface area contributed by atoms with E-state index in [2.05, 4.69) is 0 Å². The maximum atomic E-state index is 11.4. The van der Waals surface area contributed by atoms with E-state index < -0.39 is 11.6 Å². The van der Waals surface area contributed by atoms with Crippen LogP contribution >= 0.6 is 0 Å². The fraction of sp³-hybridized carbons (Fsp3) is 0.167. The molecule has 1 heterocycles. The molecule has 2 rings (SSSR count). The van der Waals surface area contributed by atoms with E-state index in [0.29, 0.717) is 0 Å². The molecule has 0 spiro atoms. The number of carbonyl (C=O) groups is 1. The van der Waals surface area contributed by atoms with Gasteiger partial charge < -0.3 is 19.0 Å². The van der Waals surface area contributed by atoms with E-state index in [4.69, 9.17) is 13.9 Å². The van der Waals surface area contributed by atoms with Crippen LogP contribution in [-0.2, 0) is 4.79 Å². The molecule has 0 atom stereocenters. The van der Waals surface area contributed by atoms with Gasteiger partial charge in [-0.15, -0.1) is 0 Å². The quantitative estimate of drug-likeness (QED) is 0.493. The van der Waals surface area contributed by atoms with Crippen LogP contribution in [0.3, 0.4) is 0 Å². The highest BCUT2D eigenvalue weighted by Crippen LogP contribution is 2.33. The maximum absolute atomic E-state index is 11.4. The Balaban J connectivity index is 2.68. The third kappa shape index (κ3) is 2.00. The first-order valence-corrected chi connectivity index (χ1v) is 5.05. The molecular weight excluding hydrogens is 240 g/mol. The number of hydrogen-bond donors (Lipinski definition) is 1. The van der Waals surface area contributed by atoms with Crippen molar-refractivity contribution in [3.8, 4) is 17.2 Å². The number of rotatable bonds is 2. The minimum atomic E-state index is -0.775. The minimum Gasteiger partial charge on any atom is -0.504 e. The fourth-order valence-corrected chi connectivity index (χ4v) is 1.56. The molecule has 94 valence electrons. The first-order chi connectivity index (χ1) is 8.52. The molecule has 0 aliphatic carbocycles. The van der Waals surface area contributed by atoms with E-state index in [0.717, 1.165) is 0 Å². The largest absolute Gasteiger partial charge is 0.504 e. The zero-order chi connectivity index (χ0) is 13.3. The van der Waals surface area contributed by atoms with E-state index in [9.17, 15) is 14.7 Å². The molecule has 1 aromatic carbocycles. The molecule has 2 aromatic rings. The van der Waals surface area contributed by atoms with Gasteiger partial charge in [-0.25, -0.2) is 4.79 Å². The molecule has 0 aliphatic heterocycles. The van der Waals surface area contributed by atoms with Crippen LogP contribution in [0.15, 0.2) is 27.4 Å². The number of aromatic hydroxyl groups is 1. The third-order valence-electron chi connectivity index (χ3n) is 2.27. The van der Waals surface area contributed by atoms with Gasteiger partial charge in [-0.3, -0.25) is 4.79 Å². The summed E-state index contributed by atoms with van der Waals surface area (Å²) in [5.74, 6) is -0.889. The van der Waals surface area contributed by atoms with Crippen LogP contribution in [0.5, 0.6) is 17.2 Å². The predicted molar refractivity (Wildman–Crippen MR) is 62.0 cm³/mol. The Morgan fingerprint density at radius 1 is 1.39 bits per heavy atom. The zero-order valence-corrected chi connectivity index (χ0v) is 9.72. The van der Waals surface area contributed by atoms with Crippen molar-refractivity contribution in [1.29, 1.82) is 0 Å². The van der Waals surface area contributed by atoms with Gasteiger partial charge >= 0.3 is 11.6 Å². The normalized spacial score (nSPS) is 10.3. The molecule has 0 bridgehead atoms. The second-order valence-electron chi connectivity index (χ2n) is 3.52. The summed E-state index contributed by atoms with van der Waals surface area (Å²) in [5, 5.41) is 10.1. The molecule has 0 unspecified atom stereocenters. The minimum absolute atomic E-state index is 0.175. The molecule has 1 aromatic heterocycles. The van der Waals surface area contributed by atoms with Gasteiger partial charge in [-0.2, -0.15) is 0 Å². The number of hydrogen-bond acceptors (Lipinski definition) is 6. The number of ether oxygens (including phenoxy) is 2. The monoisotopic (exact) mass is 250 g/mol. The zero-order valence-electron chi connectivity index (χ0n) is 9.72. The van der Waals surface area contributed by atoms with Crippen molar-refractivity contribution in [3.63, 3.8) is 0 Å². The molecule has 6 nitrogen and oxygen atoms in total. The summed E-state index contributed by atoms with van der Waals surface area (Å²) in [6.07, 6.45) is 0. The van der Waals surface area contributed by atoms with Crippen molar-refractivity contribution in [3.05, 3.63) is 28.6 Å². The third-order valence-corrected chi connectivity index (χ3v) is 2.27. The van der Waals surface area contributed by atoms with Crippen molar-refractivity contribution in [2.45, 2.75) is 6.92 Å². The molecule has 0 amide bonds. The molecule has 1 N–H and O–H groups in total. The summed E-state index contributed by atoms with van der Waals surface area (Å²) >= 11 is 0. The molecule has 0 saturated heterocycles. The summed E-state index contributed by atoms with van der Waals surface area (Å²) in [6.45, 7) is 1.26. The number of benzene rings is 1. The van der Waals surface area contributed by atoms with Gasteiger partial charge in [0.15, 0.2) is 5.75 Å². The molecule has 0 saturated carbocycles.